The van der Waals surface area contributed by atoms with E-state index in [2.05, 4.69) is 23.7 Å². The maximum absolute atomic E-state index is 5.31. The van der Waals surface area contributed by atoms with Gasteiger partial charge in [-0.25, -0.2) is 0 Å². The highest BCUT2D eigenvalue weighted by molar-refractivity contribution is 5.57. The Morgan fingerprint density at radius 2 is 1.19 bits per heavy atom. The van der Waals surface area contributed by atoms with Crippen molar-refractivity contribution in [3.63, 3.8) is 0 Å². The van der Waals surface area contributed by atoms with Gasteiger partial charge in [-0.3, -0.25) is 0 Å². The number of allylic oxidation sites excluding steroid dienone is 2. The summed E-state index contributed by atoms with van der Waals surface area (Å²) in [7, 11) is 6.35. The van der Waals surface area contributed by atoms with E-state index in [9.17, 15) is 0 Å². The van der Waals surface area contributed by atoms with E-state index in [0.717, 1.165) is 16.9 Å². The monoisotopic (exact) mass is 348 g/mol. The van der Waals surface area contributed by atoms with Gasteiger partial charge in [0.25, 0.3) is 0 Å². The third kappa shape index (κ3) is 5.00. The summed E-state index contributed by atoms with van der Waals surface area (Å²) in [4.78, 5) is 0. The second kappa shape index (κ2) is 9.71. The second-order valence-electron chi connectivity index (χ2n) is 5.01. The van der Waals surface area contributed by atoms with Crippen LogP contribution in [-0.2, 0) is 0 Å². The van der Waals surface area contributed by atoms with Gasteiger partial charge in [0, 0.05) is 11.1 Å². The molecule has 0 radical (unpaired) electrons. The van der Waals surface area contributed by atoms with Crippen molar-refractivity contribution >= 4 is 0 Å². The van der Waals surface area contributed by atoms with Crippen LogP contribution in [0.2, 0.25) is 0 Å². The topological polar surface area (TPSA) is 36.9 Å². The first-order chi connectivity index (χ1) is 12.7. The quantitative estimate of drug-likeness (QED) is 0.790. The fourth-order valence-electron chi connectivity index (χ4n) is 2.16. The summed E-state index contributed by atoms with van der Waals surface area (Å²) in [6.45, 7) is 0. The van der Waals surface area contributed by atoms with Gasteiger partial charge in [-0.15, -0.1) is 0 Å². The van der Waals surface area contributed by atoms with Crippen molar-refractivity contribution < 1.29 is 18.9 Å². The van der Waals surface area contributed by atoms with E-state index < -0.39 is 0 Å². The molecule has 26 heavy (non-hydrogen) atoms. The van der Waals surface area contributed by atoms with Crippen molar-refractivity contribution in [2.75, 3.05) is 28.4 Å². The first kappa shape index (κ1) is 18.8. The number of ether oxygens (including phenoxy) is 4. The molecule has 4 heteroatoms. The van der Waals surface area contributed by atoms with Crippen LogP contribution in [-0.4, -0.2) is 28.4 Å². The molecule has 0 fully saturated rings. The van der Waals surface area contributed by atoms with Crippen LogP contribution >= 0.6 is 0 Å². The van der Waals surface area contributed by atoms with Crippen LogP contribution in [0.15, 0.2) is 48.6 Å². The third-order valence-corrected chi connectivity index (χ3v) is 3.44. The Balaban J connectivity index is 2.10. The molecular formula is C22H20O4. The largest absolute Gasteiger partial charge is 0.497 e. The molecule has 0 aliphatic rings. The van der Waals surface area contributed by atoms with Gasteiger partial charge in [-0.2, -0.15) is 0 Å². The van der Waals surface area contributed by atoms with Crippen LogP contribution in [0.3, 0.4) is 0 Å². The molecule has 2 rings (SSSR count). The Hall–Kier alpha value is -3.50. The summed E-state index contributed by atoms with van der Waals surface area (Å²) in [5.74, 6) is 14.4. The predicted octanol–water partition coefficient (Wildman–Crippen LogP) is 3.68. The van der Waals surface area contributed by atoms with Gasteiger partial charge in [-0.05, 0) is 48.6 Å². The van der Waals surface area contributed by atoms with Crippen LogP contribution in [0.4, 0.5) is 0 Å². The average Bonchev–Trinajstić information content (AvgIpc) is 2.70. The first-order valence-corrected chi connectivity index (χ1v) is 7.84. The zero-order chi connectivity index (χ0) is 18.8. The van der Waals surface area contributed by atoms with Gasteiger partial charge in [0.05, 0.1) is 28.4 Å². The minimum atomic E-state index is 0.543. The van der Waals surface area contributed by atoms with Crippen LogP contribution < -0.4 is 18.9 Å². The lowest BCUT2D eigenvalue weighted by molar-refractivity contribution is 0.324. The Bertz CT molecular complexity index is 863. The molecule has 0 aliphatic heterocycles. The Labute approximate surface area is 154 Å². The summed E-state index contributed by atoms with van der Waals surface area (Å²) in [5.41, 5.74) is 1.67. The second-order valence-corrected chi connectivity index (χ2v) is 5.01. The molecule has 0 atom stereocenters. The van der Waals surface area contributed by atoms with Crippen molar-refractivity contribution in [2.24, 2.45) is 0 Å². The first-order valence-electron chi connectivity index (χ1n) is 7.84. The maximum atomic E-state index is 5.31. The van der Waals surface area contributed by atoms with Crippen molar-refractivity contribution in [2.45, 2.75) is 0 Å². The van der Waals surface area contributed by atoms with E-state index in [1.165, 1.54) is 0 Å². The number of rotatable bonds is 4. The smallest absolute Gasteiger partial charge is 0.203 e. The molecule has 2 aromatic rings. The highest BCUT2D eigenvalue weighted by atomic mass is 16.5. The Kier molecular flexibility index (Phi) is 7.04. The van der Waals surface area contributed by atoms with Gasteiger partial charge < -0.3 is 18.9 Å². The van der Waals surface area contributed by atoms with Crippen molar-refractivity contribution in [3.05, 3.63) is 59.7 Å². The molecule has 0 heterocycles. The number of methoxy groups -OCH3 is 4. The van der Waals surface area contributed by atoms with Crippen LogP contribution in [0, 0.1) is 23.7 Å². The van der Waals surface area contributed by atoms with Crippen molar-refractivity contribution in [3.8, 4) is 46.7 Å². The molecule has 0 aliphatic carbocycles. The Morgan fingerprint density at radius 3 is 1.65 bits per heavy atom. The minimum absolute atomic E-state index is 0.543. The summed E-state index contributed by atoms with van der Waals surface area (Å²) in [5, 5.41) is 0. The van der Waals surface area contributed by atoms with Crippen LogP contribution in [0.25, 0.3) is 0 Å². The third-order valence-electron chi connectivity index (χ3n) is 3.44. The molecule has 0 spiro atoms. The zero-order valence-electron chi connectivity index (χ0n) is 15.3. The van der Waals surface area contributed by atoms with Gasteiger partial charge in [0.1, 0.15) is 5.75 Å². The summed E-state index contributed by atoms with van der Waals surface area (Å²) in [6, 6.07) is 11.1. The number of benzene rings is 2. The molecule has 0 N–H and O–H groups in total. The molecule has 0 saturated carbocycles. The SMILES string of the molecule is COc1ccc(C#C/C=C\C#Cc2cc(OC)c(OC)c(OC)c2)cc1. The highest BCUT2D eigenvalue weighted by Crippen LogP contribution is 2.37. The zero-order valence-corrected chi connectivity index (χ0v) is 15.3. The van der Waals surface area contributed by atoms with Crippen molar-refractivity contribution in [1.82, 2.24) is 0 Å². The Morgan fingerprint density at radius 1 is 0.654 bits per heavy atom. The van der Waals surface area contributed by atoms with E-state index in [4.69, 9.17) is 18.9 Å². The summed E-state index contributed by atoms with van der Waals surface area (Å²) in [6.07, 6.45) is 3.40. The maximum Gasteiger partial charge on any atom is 0.203 e. The van der Waals surface area contributed by atoms with Crippen LogP contribution in [0.5, 0.6) is 23.0 Å². The number of hydrogen-bond acceptors (Lipinski definition) is 4. The molecule has 2 aromatic carbocycles. The molecular weight excluding hydrogens is 328 g/mol. The van der Waals surface area contributed by atoms with E-state index >= 15 is 0 Å². The molecule has 0 unspecified atom stereocenters. The number of hydrogen-bond donors (Lipinski definition) is 0. The van der Waals surface area contributed by atoms with Gasteiger partial charge >= 0.3 is 0 Å². The van der Waals surface area contributed by atoms with Crippen LogP contribution in [0.1, 0.15) is 11.1 Å². The lowest BCUT2D eigenvalue weighted by Crippen LogP contribution is -1.95. The van der Waals surface area contributed by atoms with E-state index in [1.807, 2.05) is 24.3 Å². The van der Waals surface area contributed by atoms with E-state index in [1.54, 1.807) is 52.7 Å². The molecule has 0 amide bonds. The fraction of sp³-hybridized carbons (Fsp3) is 0.182. The van der Waals surface area contributed by atoms with Gasteiger partial charge in [0.15, 0.2) is 11.5 Å². The van der Waals surface area contributed by atoms with Gasteiger partial charge in [0.2, 0.25) is 5.75 Å². The lowest BCUT2D eigenvalue weighted by atomic mass is 10.2. The molecule has 0 saturated heterocycles. The summed E-state index contributed by atoms with van der Waals surface area (Å²) < 4.78 is 21.0. The van der Waals surface area contributed by atoms with E-state index in [-0.39, 0.29) is 0 Å². The van der Waals surface area contributed by atoms with Crippen molar-refractivity contribution in [1.29, 1.82) is 0 Å². The van der Waals surface area contributed by atoms with Gasteiger partial charge in [-0.1, -0.05) is 23.7 Å². The lowest BCUT2D eigenvalue weighted by Gasteiger charge is -2.12. The molecule has 0 aromatic heterocycles. The average molecular weight is 348 g/mol. The van der Waals surface area contributed by atoms with E-state index in [0.29, 0.717) is 17.2 Å². The highest BCUT2D eigenvalue weighted by Gasteiger charge is 2.11. The predicted molar refractivity (Wildman–Crippen MR) is 102 cm³/mol. The minimum Gasteiger partial charge on any atom is -0.497 e. The molecule has 132 valence electrons. The molecule has 0 bridgehead atoms. The standard InChI is InChI=1S/C22H20O4/c1-23-19-13-11-17(12-14-19)9-7-5-6-8-10-18-15-20(24-2)22(26-4)21(16-18)25-3/h5-6,11-16H,1-4H3/b6-5-. The molecule has 4 nitrogen and oxygen atoms in total. The fourth-order valence-corrected chi connectivity index (χ4v) is 2.16. The normalized spacial score (nSPS) is 9.54. The summed E-state index contributed by atoms with van der Waals surface area (Å²) >= 11 is 0.